The molecule has 6 nitrogen and oxygen atoms in total. The molecule has 7 heteroatoms. The highest BCUT2D eigenvalue weighted by Crippen LogP contribution is 2.38. The molecule has 1 aliphatic rings. The van der Waals surface area contributed by atoms with Crippen molar-refractivity contribution >= 4 is 23.0 Å². The van der Waals surface area contributed by atoms with E-state index in [4.69, 9.17) is 26.4 Å². The quantitative estimate of drug-likeness (QED) is 0.620. The summed E-state index contributed by atoms with van der Waals surface area (Å²) < 4.78 is 16.4. The van der Waals surface area contributed by atoms with E-state index in [0.29, 0.717) is 28.4 Å². The fraction of sp³-hybridized carbons (Fsp3) is 0.458. The van der Waals surface area contributed by atoms with Gasteiger partial charge in [-0.25, -0.2) is 0 Å². The van der Waals surface area contributed by atoms with E-state index in [1.54, 1.807) is 21.3 Å². The lowest BCUT2D eigenvalue weighted by molar-refractivity contribution is 0.198. The van der Waals surface area contributed by atoms with Gasteiger partial charge in [-0.2, -0.15) is 0 Å². The monoisotopic (exact) mass is 443 g/mol. The number of ether oxygens (including phenoxy) is 3. The second kappa shape index (κ2) is 10.7. The second-order valence-electron chi connectivity index (χ2n) is 8.00. The van der Waals surface area contributed by atoms with Crippen molar-refractivity contribution in [3.8, 4) is 17.2 Å². The van der Waals surface area contributed by atoms with Crippen LogP contribution >= 0.6 is 12.2 Å². The van der Waals surface area contributed by atoms with Gasteiger partial charge in [-0.1, -0.05) is 17.7 Å². The number of aryl methyl sites for hydroxylation is 2. The number of nitrogens with zero attached hydrogens (tertiary/aromatic N) is 1. The van der Waals surface area contributed by atoms with Crippen molar-refractivity contribution in [3.63, 3.8) is 0 Å². The maximum Gasteiger partial charge on any atom is 0.203 e. The lowest BCUT2D eigenvalue weighted by Gasteiger charge is -2.33. The van der Waals surface area contributed by atoms with E-state index in [1.165, 1.54) is 11.1 Å². The third-order valence-electron chi connectivity index (χ3n) is 5.68. The van der Waals surface area contributed by atoms with Crippen molar-refractivity contribution in [2.45, 2.75) is 39.3 Å². The van der Waals surface area contributed by atoms with Gasteiger partial charge in [0.25, 0.3) is 0 Å². The summed E-state index contributed by atoms with van der Waals surface area (Å²) in [4.78, 5) is 2.44. The molecule has 0 bridgehead atoms. The molecule has 0 aromatic heterocycles. The van der Waals surface area contributed by atoms with Crippen molar-refractivity contribution in [1.29, 1.82) is 0 Å². The number of rotatable bonds is 7. The molecule has 168 valence electrons. The van der Waals surface area contributed by atoms with Crippen LogP contribution in [0.5, 0.6) is 17.2 Å². The molecule has 2 aromatic rings. The molecule has 2 N–H and O–H groups in total. The van der Waals surface area contributed by atoms with E-state index >= 15 is 0 Å². The third kappa shape index (κ3) is 6.02. The van der Waals surface area contributed by atoms with Crippen molar-refractivity contribution in [1.82, 2.24) is 10.2 Å². The lowest BCUT2D eigenvalue weighted by Crippen LogP contribution is -2.45. The molecule has 0 unspecified atom stereocenters. The normalized spacial score (nSPS) is 14.7. The Morgan fingerprint density at radius 1 is 1.00 bits per heavy atom. The molecule has 0 saturated carbocycles. The van der Waals surface area contributed by atoms with E-state index in [0.717, 1.165) is 43.7 Å². The number of nitrogens with one attached hydrogen (secondary N) is 2. The molecule has 0 spiro atoms. The van der Waals surface area contributed by atoms with Crippen molar-refractivity contribution in [2.75, 3.05) is 39.7 Å². The Hall–Kier alpha value is -2.51. The summed E-state index contributed by atoms with van der Waals surface area (Å²) in [5, 5.41) is 7.51. The molecule has 31 heavy (non-hydrogen) atoms. The number of hydrogen-bond donors (Lipinski definition) is 2. The highest BCUT2D eigenvalue weighted by atomic mass is 32.1. The summed E-state index contributed by atoms with van der Waals surface area (Å²) in [6.45, 7) is 7.04. The van der Waals surface area contributed by atoms with E-state index in [9.17, 15) is 0 Å². The first-order chi connectivity index (χ1) is 14.9. The predicted molar refractivity (Wildman–Crippen MR) is 130 cm³/mol. The molecule has 3 rings (SSSR count). The fourth-order valence-corrected chi connectivity index (χ4v) is 4.29. The van der Waals surface area contributed by atoms with Crippen LogP contribution in [0.4, 0.5) is 5.69 Å². The van der Waals surface area contributed by atoms with Crippen LogP contribution in [0.2, 0.25) is 0 Å². The summed E-state index contributed by atoms with van der Waals surface area (Å²) in [6, 6.07) is 10.8. The molecule has 1 aliphatic heterocycles. The largest absolute Gasteiger partial charge is 0.493 e. The Balaban J connectivity index is 1.52. The lowest BCUT2D eigenvalue weighted by atomic mass is 10.0. The summed E-state index contributed by atoms with van der Waals surface area (Å²) in [7, 11) is 4.91. The molecule has 0 atom stereocenters. The van der Waals surface area contributed by atoms with Crippen LogP contribution in [-0.2, 0) is 6.54 Å². The second-order valence-corrected chi connectivity index (χ2v) is 8.41. The van der Waals surface area contributed by atoms with Crippen LogP contribution in [0.15, 0.2) is 30.3 Å². The maximum absolute atomic E-state index is 5.55. The minimum Gasteiger partial charge on any atom is -0.493 e. The average Bonchev–Trinajstić information content (AvgIpc) is 2.76. The zero-order valence-electron chi connectivity index (χ0n) is 19.1. The number of hydrogen-bond acceptors (Lipinski definition) is 5. The standard InChI is InChI=1S/C24H33N3O3S/c1-16-6-7-20(17(2)12-16)26-24(31)25-19-8-10-27(11-9-19)15-18-13-21(28-3)23(30-5)22(14-18)29-4/h6-7,12-14,19H,8-11,15H2,1-5H3,(H2,25,26,31). The van der Waals surface area contributed by atoms with Crippen molar-refractivity contribution < 1.29 is 14.2 Å². The van der Waals surface area contributed by atoms with Gasteiger partial charge < -0.3 is 24.8 Å². The molecule has 0 amide bonds. The van der Waals surface area contributed by atoms with Crippen LogP contribution in [0, 0.1) is 13.8 Å². The van der Waals surface area contributed by atoms with E-state index in [-0.39, 0.29) is 0 Å². The van der Waals surface area contributed by atoms with Crippen LogP contribution < -0.4 is 24.8 Å². The van der Waals surface area contributed by atoms with E-state index in [2.05, 4.69) is 47.6 Å². The Morgan fingerprint density at radius 3 is 2.19 bits per heavy atom. The molecular weight excluding hydrogens is 410 g/mol. The number of piperidine rings is 1. The van der Waals surface area contributed by atoms with Gasteiger partial charge in [0.15, 0.2) is 16.6 Å². The Bertz CT molecular complexity index is 886. The average molecular weight is 444 g/mol. The Labute approximate surface area is 190 Å². The summed E-state index contributed by atoms with van der Waals surface area (Å²) in [6.07, 6.45) is 2.08. The SMILES string of the molecule is COc1cc(CN2CCC(NC(=S)Nc3ccc(C)cc3C)CC2)cc(OC)c1OC. The molecule has 2 aromatic carbocycles. The topological polar surface area (TPSA) is 55.0 Å². The smallest absolute Gasteiger partial charge is 0.203 e. The molecule has 1 saturated heterocycles. The van der Waals surface area contributed by atoms with Crippen molar-refractivity contribution in [3.05, 3.63) is 47.0 Å². The van der Waals surface area contributed by atoms with Crippen LogP contribution in [0.1, 0.15) is 29.5 Å². The maximum atomic E-state index is 5.55. The summed E-state index contributed by atoms with van der Waals surface area (Å²) in [5.41, 5.74) is 4.65. The first kappa shape index (κ1) is 23.2. The first-order valence-corrected chi connectivity index (χ1v) is 11.0. The van der Waals surface area contributed by atoms with Gasteiger partial charge in [-0.15, -0.1) is 0 Å². The first-order valence-electron chi connectivity index (χ1n) is 10.6. The highest BCUT2D eigenvalue weighted by Gasteiger charge is 2.21. The summed E-state index contributed by atoms with van der Waals surface area (Å²) >= 11 is 5.55. The van der Waals surface area contributed by atoms with E-state index < -0.39 is 0 Å². The number of anilines is 1. The Kier molecular flexibility index (Phi) is 7.98. The predicted octanol–water partition coefficient (Wildman–Crippen LogP) is 4.28. The molecule has 1 heterocycles. The zero-order chi connectivity index (χ0) is 22.4. The molecule has 0 aliphatic carbocycles. The van der Waals surface area contributed by atoms with Gasteiger partial charge >= 0.3 is 0 Å². The van der Waals surface area contributed by atoms with Gasteiger partial charge in [0.1, 0.15) is 0 Å². The van der Waals surface area contributed by atoms with Gasteiger partial charge in [0.05, 0.1) is 21.3 Å². The minimum absolute atomic E-state index is 0.377. The number of benzene rings is 2. The van der Waals surface area contributed by atoms with Crippen LogP contribution in [0.3, 0.4) is 0 Å². The highest BCUT2D eigenvalue weighted by molar-refractivity contribution is 7.80. The Morgan fingerprint density at radius 2 is 1.65 bits per heavy atom. The van der Waals surface area contributed by atoms with Crippen LogP contribution in [-0.4, -0.2) is 50.5 Å². The molecular formula is C24H33N3O3S. The molecule has 1 fully saturated rings. The van der Waals surface area contributed by atoms with Gasteiger partial charge in [-0.3, -0.25) is 4.90 Å². The van der Waals surface area contributed by atoms with Gasteiger partial charge in [0.2, 0.25) is 5.75 Å². The minimum atomic E-state index is 0.377. The third-order valence-corrected chi connectivity index (χ3v) is 5.90. The fourth-order valence-electron chi connectivity index (χ4n) is 4.02. The van der Waals surface area contributed by atoms with Gasteiger partial charge in [0, 0.05) is 31.4 Å². The van der Waals surface area contributed by atoms with Crippen molar-refractivity contribution in [2.24, 2.45) is 0 Å². The number of thiocarbonyl (C=S) groups is 1. The number of likely N-dealkylation sites (tertiary alicyclic amines) is 1. The number of methoxy groups -OCH3 is 3. The van der Waals surface area contributed by atoms with E-state index in [1.807, 2.05) is 12.1 Å². The van der Waals surface area contributed by atoms with Gasteiger partial charge in [-0.05, 0) is 68.2 Å². The summed E-state index contributed by atoms with van der Waals surface area (Å²) in [5.74, 6) is 2.01. The zero-order valence-corrected chi connectivity index (χ0v) is 19.9. The van der Waals surface area contributed by atoms with Crippen LogP contribution in [0.25, 0.3) is 0 Å². The molecule has 0 radical (unpaired) electrons.